The van der Waals surface area contributed by atoms with Crippen molar-refractivity contribution >= 4 is 56.5 Å². The van der Waals surface area contributed by atoms with Crippen molar-refractivity contribution in [2.24, 2.45) is 5.73 Å². The topological polar surface area (TPSA) is 146 Å². The van der Waals surface area contributed by atoms with Crippen LogP contribution in [0.25, 0.3) is 11.0 Å². The SMILES string of the molecule is NC(=O)c1c(NC(O)Nc2ccc(Cl)cc2)sc2c1CCN(CCCNC(=O)CCc1ccc3nccnc3c1)C2. The zero-order valence-corrected chi connectivity index (χ0v) is 24.0. The van der Waals surface area contributed by atoms with Crippen LogP contribution in [0.1, 0.15) is 39.2 Å². The Morgan fingerprint density at radius 3 is 2.66 bits per heavy atom. The van der Waals surface area contributed by atoms with E-state index in [2.05, 4.69) is 30.8 Å². The molecular formula is C29H32ClN7O3S. The summed E-state index contributed by atoms with van der Waals surface area (Å²) in [4.78, 5) is 36.6. The van der Waals surface area contributed by atoms with Crippen LogP contribution in [0.2, 0.25) is 5.02 Å². The molecule has 0 radical (unpaired) electrons. The maximum absolute atomic E-state index is 12.4. The molecule has 0 spiro atoms. The average molecular weight is 594 g/mol. The van der Waals surface area contributed by atoms with E-state index in [0.29, 0.717) is 53.6 Å². The number of nitrogens with two attached hydrogens (primary N) is 1. The third-order valence-electron chi connectivity index (χ3n) is 6.95. The average Bonchev–Trinajstić information content (AvgIpc) is 3.32. The standard InChI is InChI=1S/C29H32ClN7O3S/c30-19-4-6-20(7-5-19)35-29(40)36-28-26(27(31)39)21-10-15-37(17-24(21)41-28)14-1-11-34-25(38)9-3-18-2-8-22-23(16-18)33-13-12-32-22/h2,4-8,12-13,16,29,35-36,40H,1,3,9-11,14-15,17H2,(H2,31,39)(H,34,38). The molecular weight excluding hydrogens is 562 g/mol. The summed E-state index contributed by atoms with van der Waals surface area (Å²) in [7, 11) is 0. The molecule has 4 aromatic rings. The minimum Gasteiger partial charge on any atom is -0.365 e. The first-order chi connectivity index (χ1) is 19.9. The lowest BCUT2D eigenvalue weighted by Gasteiger charge is -2.27. The summed E-state index contributed by atoms with van der Waals surface area (Å²) < 4.78 is 0. The predicted octanol–water partition coefficient (Wildman–Crippen LogP) is 3.74. The highest BCUT2D eigenvalue weighted by atomic mass is 35.5. The molecule has 0 aliphatic carbocycles. The maximum atomic E-state index is 12.4. The summed E-state index contributed by atoms with van der Waals surface area (Å²) in [6.45, 7) is 2.88. The molecule has 2 aromatic heterocycles. The van der Waals surface area contributed by atoms with E-state index in [1.165, 1.54) is 11.3 Å². The second-order valence-electron chi connectivity index (χ2n) is 9.88. The fraction of sp³-hybridized carbons (Fsp3) is 0.310. The van der Waals surface area contributed by atoms with Crippen LogP contribution in [0.3, 0.4) is 0 Å². The summed E-state index contributed by atoms with van der Waals surface area (Å²) in [6, 6.07) is 12.8. The number of benzene rings is 2. The number of hydrogen-bond acceptors (Lipinski definition) is 9. The first-order valence-corrected chi connectivity index (χ1v) is 14.6. The number of primary amides is 1. The van der Waals surface area contributed by atoms with Crippen LogP contribution in [0, 0.1) is 0 Å². The number of aromatic nitrogens is 2. The number of amides is 2. The number of aliphatic hydroxyl groups is 1. The normalized spacial score (nSPS) is 13.9. The van der Waals surface area contributed by atoms with Crippen molar-refractivity contribution in [2.75, 3.05) is 30.3 Å². The number of carbonyl (C=O) groups is 2. The molecule has 0 fully saturated rings. The van der Waals surface area contributed by atoms with Crippen molar-refractivity contribution in [1.82, 2.24) is 20.2 Å². The number of hydrogen-bond donors (Lipinski definition) is 5. The van der Waals surface area contributed by atoms with E-state index in [-0.39, 0.29) is 5.91 Å². The van der Waals surface area contributed by atoms with Crippen LogP contribution in [0.5, 0.6) is 0 Å². The quantitative estimate of drug-likeness (QED) is 0.123. The Kier molecular flexibility index (Phi) is 9.30. The minimum absolute atomic E-state index is 0.0241. The summed E-state index contributed by atoms with van der Waals surface area (Å²) in [5, 5.41) is 20.6. The molecule has 6 N–H and O–H groups in total. The largest absolute Gasteiger partial charge is 0.365 e. The van der Waals surface area contributed by atoms with Gasteiger partial charge < -0.3 is 26.8 Å². The van der Waals surface area contributed by atoms with E-state index in [9.17, 15) is 14.7 Å². The second-order valence-corrected chi connectivity index (χ2v) is 11.4. The molecule has 12 heteroatoms. The van der Waals surface area contributed by atoms with Crippen molar-refractivity contribution in [3.05, 3.63) is 81.4 Å². The first-order valence-electron chi connectivity index (χ1n) is 13.5. The number of carbonyl (C=O) groups excluding carboxylic acids is 2. The fourth-order valence-corrected chi connectivity index (χ4v) is 6.36. The van der Waals surface area contributed by atoms with Gasteiger partial charge in [-0.05, 0) is 66.8 Å². The summed E-state index contributed by atoms with van der Waals surface area (Å²) in [5.74, 6) is -0.493. The van der Waals surface area contributed by atoms with Gasteiger partial charge in [-0.2, -0.15) is 0 Å². The van der Waals surface area contributed by atoms with Crippen molar-refractivity contribution in [3.63, 3.8) is 0 Å². The van der Waals surface area contributed by atoms with Gasteiger partial charge in [0, 0.05) is 60.6 Å². The Morgan fingerprint density at radius 1 is 1.10 bits per heavy atom. The van der Waals surface area contributed by atoms with E-state index < -0.39 is 12.3 Å². The highest BCUT2D eigenvalue weighted by Gasteiger charge is 2.27. The van der Waals surface area contributed by atoms with Crippen molar-refractivity contribution in [1.29, 1.82) is 0 Å². The number of aryl methyl sites for hydroxylation is 1. The number of aliphatic hydroxyl groups excluding tert-OH is 1. The molecule has 2 aromatic carbocycles. The molecule has 41 heavy (non-hydrogen) atoms. The van der Waals surface area contributed by atoms with Crippen LogP contribution in [-0.2, 0) is 24.2 Å². The molecule has 214 valence electrons. The van der Waals surface area contributed by atoms with E-state index in [0.717, 1.165) is 46.5 Å². The van der Waals surface area contributed by atoms with Gasteiger partial charge in [0.05, 0.1) is 16.6 Å². The number of nitrogens with zero attached hydrogens (tertiary/aromatic N) is 3. The monoisotopic (exact) mass is 593 g/mol. The number of nitrogens with one attached hydrogen (secondary N) is 3. The number of halogens is 1. The summed E-state index contributed by atoms with van der Waals surface area (Å²) in [6.07, 6.45) is 4.78. The molecule has 10 nitrogen and oxygen atoms in total. The Labute approximate surface area is 246 Å². The van der Waals surface area contributed by atoms with Crippen LogP contribution >= 0.6 is 22.9 Å². The zero-order chi connectivity index (χ0) is 28.8. The van der Waals surface area contributed by atoms with Crippen LogP contribution < -0.4 is 21.7 Å². The third-order valence-corrected chi connectivity index (χ3v) is 8.35. The highest BCUT2D eigenvalue weighted by Crippen LogP contribution is 2.37. The lowest BCUT2D eigenvalue weighted by atomic mass is 10.0. The molecule has 0 saturated heterocycles. The van der Waals surface area contributed by atoms with Gasteiger partial charge in [-0.15, -0.1) is 11.3 Å². The molecule has 1 aliphatic heterocycles. The van der Waals surface area contributed by atoms with Gasteiger partial charge in [0.25, 0.3) is 5.91 Å². The van der Waals surface area contributed by atoms with Gasteiger partial charge in [-0.1, -0.05) is 17.7 Å². The van der Waals surface area contributed by atoms with E-state index in [1.54, 1.807) is 36.7 Å². The predicted molar refractivity (Wildman–Crippen MR) is 162 cm³/mol. The van der Waals surface area contributed by atoms with Gasteiger partial charge >= 0.3 is 0 Å². The molecule has 1 aliphatic rings. The third kappa shape index (κ3) is 7.50. The van der Waals surface area contributed by atoms with Crippen LogP contribution in [0.15, 0.2) is 54.9 Å². The summed E-state index contributed by atoms with van der Waals surface area (Å²) >= 11 is 7.36. The Hall–Kier alpha value is -3.77. The molecule has 1 unspecified atom stereocenters. The van der Waals surface area contributed by atoms with Crippen molar-refractivity contribution in [3.8, 4) is 0 Å². The first kappa shape index (κ1) is 28.7. The Morgan fingerprint density at radius 2 is 1.88 bits per heavy atom. The lowest BCUT2D eigenvalue weighted by molar-refractivity contribution is -0.121. The van der Waals surface area contributed by atoms with Gasteiger partial charge in [0.2, 0.25) is 12.3 Å². The molecule has 0 saturated carbocycles. The highest BCUT2D eigenvalue weighted by molar-refractivity contribution is 7.16. The molecule has 3 heterocycles. The Balaban J connectivity index is 1.08. The Bertz CT molecular complexity index is 1530. The smallest absolute Gasteiger partial charge is 0.251 e. The molecule has 1 atom stereocenters. The van der Waals surface area contributed by atoms with Gasteiger partial charge in [0.15, 0.2) is 0 Å². The second kappa shape index (κ2) is 13.3. The molecule has 5 rings (SSSR count). The van der Waals surface area contributed by atoms with Gasteiger partial charge in [-0.25, -0.2) is 0 Å². The fourth-order valence-electron chi connectivity index (χ4n) is 4.91. The van der Waals surface area contributed by atoms with E-state index in [1.807, 2.05) is 18.2 Å². The molecule has 0 bridgehead atoms. The van der Waals surface area contributed by atoms with Gasteiger partial charge in [-0.3, -0.25) is 24.5 Å². The number of fused-ring (bicyclic) bond motifs is 2. The van der Waals surface area contributed by atoms with Crippen LogP contribution in [-0.4, -0.2) is 57.8 Å². The molecule has 2 amide bonds. The van der Waals surface area contributed by atoms with Crippen molar-refractivity contribution < 1.29 is 14.7 Å². The maximum Gasteiger partial charge on any atom is 0.251 e. The number of thiophene rings is 1. The zero-order valence-electron chi connectivity index (χ0n) is 22.4. The van der Waals surface area contributed by atoms with E-state index >= 15 is 0 Å². The number of anilines is 2. The van der Waals surface area contributed by atoms with Crippen LogP contribution in [0.4, 0.5) is 10.7 Å². The number of rotatable bonds is 12. The van der Waals surface area contributed by atoms with Crippen molar-refractivity contribution in [2.45, 2.75) is 38.6 Å². The minimum atomic E-state index is -1.12. The van der Waals surface area contributed by atoms with Gasteiger partial charge in [0.1, 0.15) is 5.00 Å². The van der Waals surface area contributed by atoms with E-state index in [4.69, 9.17) is 17.3 Å². The lowest BCUT2D eigenvalue weighted by Crippen LogP contribution is -2.34. The summed E-state index contributed by atoms with van der Waals surface area (Å²) in [5.41, 5.74) is 10.5.